The lowest BCUT2D eigenvalue weighted by Crippen LogP contribution is -2.41. The summed E-state index contributed by atoms with van der Waals surface area (Å²) in [6.45, 7) is 8.21. The van der Waals surface area contributed by atoms with Crippen molar-refractivity contribution in [1.82, 2.24) is 5.32 Å². The zero-order chi connectivity index (χ0) is 16.7. The second-order valence-electron chi connectivity index (χ2n) is 6.29. The van der Waals surface area contributed by atoms with E-state index >= 15 is 0 Å². The lowest BCUT2D eigenvalue weighted by atomic mass is 10.0. The van der Waals surface area contributed by atoms with Crippen LogP contribution in [0, 0.1) is 11.8 Å². The molecular weight excluding hydrogens is 278 g/mol. The highest BCUT2D eigenvalue weighted by Gasteiger charge is 2.14. The molecular formula is C17H27N3O2. The molecule has 0 aliphatic carbocycles. The van der Waals surface area contributed by atoms with Gasteiger partial charge in [0.25, 0.3) is 0 Å². The molecule has 0 radical (unpaired) electrons. The van der Waals surface area contributed by atoms with Gasteiger partial charge in [0, 0.05) is 18.2 Å². The third-order valence-corrected chi connectivity index (χ3v) is 3.27. The van der Waals surface area contributed by atoms with E-state index in [1.54, 1.807) is 0 Å². The van der Waals surface area contributed by atoms with Gasteiger partial charge in [-0.1, -0.05) is 39.8 Å². The average Bonchev–Trinajstić information content (AvgIpc) is 2.45. The molecule has 0 unspecified atom stereocenters. The molecule has 0 spiro atoms. The summed E-state index contributed by atoms with van der Waals surface area (Å²) in [6, 6.07) is 6.95. The van der Waals surface area contributed by atoms with Crippen molar-refractivity contribution in [1.29, 1.82) is 0 Å². The third-order valence-electron chi connectivity index (χ3n) is 3.27. The highest BCUT2D eigenvalue weighted by Crippen LogP contribution is 2.11. The summed E-state index contributed by atoms with van der Waals surface area (Å²) >= 11 is 0. The van der Waals surface area contributed by atoms with Crippen molar-refractivity contribution >= 4 is 17.5 Å². The van der Waals surface area contributed by atoms with Gasteiger partial charge in [-0.3, -0.25) is 9.59 Å². The molecule has 0 aromatic heterocycles. The molecule has 0 aliphatic rings. The van der Waals surface area contributed by atoms with E-state index in [2.05, 4.69) is 10.6 Å². The Bertz CT molecular complexity index is 495. The Balaban J connectivity index is 2.47. The molecule has 0 bridgehead atoms. The Kier molecular flexibility index (Phi) is 7.05. The minimum Gasteiger partial charge on any atom is -0.351 e. The van der Waals surface area contributed by atoms with Crippen LogP contribution in [0.25, 0.3) is 0 Å². The number of amides is 2. The number of nitrogens with one attached hydrogen (secondary N) is 2. The van der Waals surface area contributed by atoms with Crippen LogP contribution in [0.4, 0.5) is 5.69 Å². The number of nitrogens with two attached hydrogens (primary N) is 1. The molecule has 0 saturated heterocycles. The van der Waals surface area contributed by atoms with Crippen LogP contribution in [-0.2, 0) is 16.1 Å². The second-order valence-corrected chi connectivity index (χ2v) is 6.29. The van der Waals surface area contributed by atoms with Crippen LogP contribution in [0.5, 0.6) is 0 Å². The Labute approximate surface area is 132 Å². The van der Waals surface area contributed by atoms with Gasteiger partial charge in [0.05, 0.1) is 6.04 Å². The van der Waals surface area contributed by atoms with E-state index in [4.69, 9.17) is 5.73 Å². The summed E-state index contributed by atoms with van der Waals surface area (Å²) in [5.74, 6) is 0.192. The van der Waals surface area contributed by atoms with Gasteiger partial charge in [-0.15, -0.1) is 0 Å². The van der Waals surface area contributed by atoms with Crippen molar-refractivity contribution in [2.45, 2.75) is 46.7 Å². The largest absolute Gasteiger partial charge is 0.351 e. The first-order valence-corrected chi connectivity index (χ1v) is 7.72. The molecule has 0 fully saturated rings. The molecule has 2 amide bonds. The Morgan fingerprint density at radius 2 is 1.64 bits per heavy atom. The van der Waals surface area contributed by atoms with Crippen molar-refractivity contribution in [3.8, 4) is 0 Å². The molecule has 0 saturated carbocycles. The number of hydrogen-bond acceptors (Lipinski definition) is 3. The van der Waals surface area contributed by atoms with Gasteiger partial charge in [0.2, 0.25) is 11.8 Å². The summed E-state index contributed by atoms with van der Waals surface area (Å²) in [7, 11) is 0. The van der Waals surface area contributed by atoms with E-state index < -0.39 is 6.04 Å². The number of carbonyl (C=O) groups is 2. The number of benzene rings is 1. The molecule has 0 aliphatic heterocycles. The highest BCUT2D eigenvalue weighted by molar-refractivity contribution is 5.92. The van der Waals surface area contributed by atoms with Gasteiger partial charge in [-0.2, -0.15) is 0 Å². The Morgan fingerprint density at radius 1 is 1.05 bits per heavy atom. The molecule has 22 heavy (non-hydrogen) atoms. The third kappa shape index (κ3) is 6.26. The van der Waals surface area contributed by atoms with E-state index in [1.165, 1.54) is 0 Å². The van der Waals surface area contributed by atoms with Gasteiger partial charge < -0.3 is 16.4 Å². The molecule has 5 heteroatoms. The van der Waals surface area contributed by atoms with E-state index in [1.807, 2.05) is 52.0 Å². The molecule has 1 aromatic rings. The van der Waals surface area contributed by atoms with Crippen LogP contribution in [0.3, 0.4) is 0 Å². The predicted octanol–water partition coefficient (Wildman–Crippen LogP) is 2.27. The zero-order valence-corrected chi connectivity index (χ0v) is 13.8. The first-order chi connectivity index (χ1) is 10.3. The van der Waals surface area contributed by atoms with Crippen molar-refractivity contribution in [2.24, 2.45) is 17.6 Å². The van der Waals surface area contributed by atoms with Crippen LogP contribution >= 0.6 is 0 Å². The summed E-state index contributed by atoms with van der Waals surface area (Å²) in [4.78, 5) is 23.4. The Morgan fingerprint density at radius 3 is 2.14 bits per heavy atom. The first kappa shape index (κ1) is 18.2. The maximum Gasteiger partial charge on any atom is 0.237 e. The Hall–Kier alpha value is -1.88. The summed E-state index contributed by atoms with van der Waals surface area (Å²) in [6.07, 6.45) is 0.673. The predicted molar refractivity (Wildman–Crippen MR) is 89.2 cm³/mol. The van der Waals surface area contributed by atoms with Crippen molar-refractivity contribution in [3.63, 3.8) is 0 Å². The fourth-order valence-corrected chi connectivity index (χ4v) is 1.93. The van der Waals surface area contributed by atoms with Crippen molar-refractivity contribution in [3.05, 3.63) is 29.8 Å². The average molecular weight is 305 g/mol. The van der Waals surface area contributed by atoms with Crippen LogP contribution in [0.15, 0.2) is 24.3 Å². The highest BCUT2D eigenvalue weighted by atomic mass is 16.2. The molecule has 1 atom stereocenters. The number of carbonyl (C=O) groups excluding carboxylic acids is 2. The van der Waals surface area contributed by atoms with E-state index in [-0.39, 0.29) is 17.7 Å². The van der Waals surface area contributed by atoms with Crippen LogP contribution in [-0.4, -0.2) is 17.9 Å². The zero-order valence-electron chi connectivity index (χ0n) is 13.8. The standard InChI is InChI=1S/C17H27N3O2/c1-11(2)9-15(18)17(22)19-10-13-5-7-14(8-6-13)20-16(21)12(3)4/h5-8,11-12,15H,9-10,18H2,1-4H3,(H,19,22)(H,20,21)/t15-/m0/s1. The number of anilines is 1. The van der Waals surface area contributed by atoms with Gasteiger partial charge in [-0.25, -0.2) is 0 Å². The molecule has 1 rings (SSSR count). The fourth-order valence-electron chi connectivity index (χ4n) is 1.93. The minimum atomic E-state index is -0.468. The summed E-state index contributed by atoms with van der Waals surface area (Å²) in [5.41, 5.74) is 7.55. The van der Waals surface area contributed by atoms with Gasteiger partial charge in [0.1, 0.15) is 0 Å². The van der Waals surface area contributed by atoms with Crippen LogP contribution in [0.1, 0.15) is 39.7 Å². The second kappa shape index (κ2) is 8.54. The fraction of sp³-hybridized carbons (Fsp3) is 0.529. The van der Waals surface area contributed by atoms with Gasteiger partial charge in [-0.05, 0) is 30.0 Å². The quantitative estimate of drug-likeness (QED) is 0.722. The smallest absolute Gasteiger partial charge is 0.237 e. The number of rotatable bonds is 7. The maximum absolute atomic E-state index is 11.8. The lowest BCUT2D eigenvalue weighted by Gasteiger charge is -2.14. The maximum atomic E-state index is 11.8. The van der Waals surface area contributed by atoms with Gasteiger partial charge >= 0.3 is 0 Å². The van der Waals surface area contributed by atoms with E-state index in [9.17, 15) is 9.59 Å². The van der Waals surface area contributed by atoms with Crippen LogP contribution in [0.2, 0.25) is 0 Å². The first-order valence-electron chi connectivity index (χ1n) is 7.72. The van der Waals surface area contributed by atoms with Crippen LogP contribution < -0.4 is 16.4 Å². The normalized spacial score (nSPS) is 12.3. The van der Waals surface area contributed by atoms with Crippen molar-refractivity contribution in [2.75, 3.05) is 5.32 Å². The monoisotopic (exact) mass is 305 g/mol. The van der Waals surface area contributed by atoms with E-state index in [0.29, 0.717) is 18.9 Å². The topological polar surface area (TPSA) is 84.2 Å². The molecule has 4 N–H and O–H groups in total. The van der Waals surface area contributed by atoms with Gasteiger partial charge in [0.15, 0.2) is 0 Å². The van der Waals surface area contributed by atoms with E-state index in [0.717, 1.165) is 11.3 Å². The minimum absolute atomic E-state index is 0.0132. The number of hydrogen-bond donors (Lipinski definition) is 3. The molecule has 0 heterocycles. The molecule has 122 valence electrons. The summed E-state index contributed by atoms with van der Waals surface area (Å²) < 4.78 is 0. The molecule has 1 aromatic carbocycles. The SMILES string of the molecule is CC(C)C[C@H](N)C(=O)NCc1ccc(NC(=O)C(C)C)cc1. The lowest BCUT2D eigenvalue weighted by molar-refractivity contribution is -0.123. The molecule has 5 nitrogen and oxygen atoms in total. The van der Waals surface area contributed by atoms with Crippen molar-refractivity contribution < 1.29 is 9.59 Å². The summed E-state index contributed by atoms with van der Waals surface area (Å²) in [5, 5.41) is 5.66.